The van der Waals surface area contributed by atoms with E-state index in [1.165, 1.54) is 5.56 Å². The minimum Gasteiger partial charge on any atom is -0.341 e. The molecule has 0 fully saturated rings. The van der Waals surface area contributed by atoms with Crippen LogP contribution in [0.1, 0.15) is 5.56 Å². The Morgan fingerprint density at radius 3 is 2.80 bits per heavy atom. The van der Waals surface area contributed by atoms with Crippen molar-refractivity contribution in [2.45, 2.75) is 6.42 Å². The van der Waals surface area contributed by atoms with E-state index in [1.54, 1.807) is 7.05 Å². The number of benzene rings is 1. The van der Waals surface area contributed by atoms with Crippen LogP contribution in [0.4, 0.5) is 10.5 Å². The summed E-state index contributed by atoms with van der Waals surface area (Å²) in [7, 11) is 3.52. The molecule has 4 nitrogen and oxygen atoms in total. The van der Waals surface area contributed by atoms with Crippen LogP contribution < -0.4 is 16.0 Å². The van der Waals surface area contributed by atoms with Crippen molar-refractivity contribution in [2.24, 2.45) is 0 Å². The summed E-state index contributed by atoms with van der Waals surface area (Å²) in [5, 5.41) is 8.34. The highest BCUT2D eigenvalue weighted by Crippen LogP contribution is 2.10. The van der Waals surface area contributed by atoms with E-state index in [2.05, 4.69) is 16.0 Å². The fourth-order valence-corrected chi connectivity index (χ4v) is 1.27. The maximum absolute atomic E-state index is 11.1. The molecule has 1 aromatic rings. The summed E-state index contributed by atoms with van der Waals surface area (Å²) in [6.07, 6.45) is 0.958. The van der Waals surface area contributed by atoms with E-state index in [0.29, 0.717) is 0 Å². The lowest BCUT2D eigenvalue weighted by molar-refractivity contribution is 0.254. The Kier molecular flexibility index (Phi) is 4.63. The van der Waals surface area contributed by atoms with Crippen LogP contribution in [0.25, 0.3) is 0 Å². The van der Waals surface area contributed by atoms with Gasteiger partial charge in [0.25, 0.3) is 0 Å². The first-order valence-electron chi connectivity index (χ1n) is 4.98. The van der Waals surface area contributed by atoms with E-state index in [4.69, 9.17) is 0 Å². The Morgan fingerprint density at radius 1 is 1.33 bits per heavy atom. The fraction of sp³-hybridized carbons (Fsp3) is 0.364. The molecule has 15 heavy (non-hydrogen) atoms. The molecule has 0 unspecified atom stereocenters. The maximum atomic E-state index is 11.1. The number of nitrogens with one attached hydrogen (secondary N) is 3. The number of hydrogen-bond donors (Lipinski definition) is 3. The molecule has 0 bridgehead atoms. The van der Waals surface area contributed by atoms with Crippen LogP contribution in [0.5, 0.6) is 0 Å². The highest BCUT2D eigenvalue weighted by Gasteiger charge is 1.99. The highest BCUT2D eigenvalue weighted by atomic mass is 16.2. The van der Waals surface area contributed by atoms with Crippen LogP contribution in [0.15, 0.2) is 24.3 Å². The molecular weight excluding hydrogens is 190 g/mol. The Hall–Kier alpha value is -1.55. The summed E-state index contributed by atoms with van der Waals surface area (Å²) >= 11 is 0. The summed E-state index contributed by atoms with van der Waals surface area (Å²) < 4.78 is 0. The zero-order valence-corrected chi connectivity index (χ0v) is 9.13. The lowest BCUT2D eigenvalue weighted by atomic mass is 10.1. The molecule has 0 atom stereocenters. The fourth-order valence-electron chi connectivity index (χ4n) is 1.27. The summed E-state index contributed by atoms with van der Waals surface area (Å²) in [6, 6.07) is 7.65. The van der Waals surface area contributed by atoms with Gasteiger partial charge in [-0.25, -0.2) is 4.79 Å². The first-order chi connectivity index (χ1) is 7.26. The topological polar surface area (TPSA) is 53.2 Å². The third-order valence-electron chi connectivity index (χ3n) is 2.08. The Labute approximate surface area is 90.1 Å². The lowest BCUT2D eigenvalue weighted by Gasteiger charge is -2.06. The molecular formula is C11H17N3O. The van der Waals surface area contributed by atoms with Crippen LogP contribution >= 0.6 is 0 Å². The Bertz CT molecular complexity index is 325. The highest BCUT2D eigenvalue weighted by molar-refractivity contribution is 5.89. The van der Waals surface area contributed by atoms with Gasteiger partial charge in [0.1, 0.15) is 0 Å². The summed E-state index contributed by atoms with van der Waals surface area (Å²) in [5.74, 6) is 0. The second-order valence-corrected chi connectivity index (χ2v) is 3.26. The molecule has 0 saturated heterocycles. The van der Waals surface area contributed by atoms with Crippen molar-refractivity contribution in [1.29, 1.82) is 0 Å². The summed E-state index contributed by atoms with van der Waals surface area (Å²) in [5.41, 5.74) is 2.03. The first kappa shape index (κ1) is 11.5. The number of anilines is 1. The predicted octanol–water partition coefficient (Wildman–Crippen LogP) is 1.20. The molecule has 0 aliphatic carbocycles. The molecule has 0 aromatic heterocycles. The molecule has 0 aliphatic rings. The van der Waals surface area contributed by atoms with E-state index >= 15 is 0 Å². The van der Waals surface area contributed by atoms with Crippen LogP contribution in [-0.4, -0.2) is 26.7 Å². The number of hydrogen-bond acceptors (Lipinski definition) is 2. The Morgan fingerprint density at radius 2 is 2.13 bits per heavy atom. The number of urea groups is 1. The average Bonchev–Trinajstić information content (AvgIpc) is 2.26. The van der Waals surface area contributed by atoms with Crippen molar-refractivity contribution in [3.63, 3.8) is 0 Å². The van der Waals surface area contributed by atoms with Crippen LogP contribution in [0.2, 0.25) is 0 Å². The van der Waals surface area contributed by atoms with Crippen LogP contribution in [-0.2, 0) is 6.42 Å². The number of amides is 2. The van der Waals surface area contributed by atoms with Crippen molar-refractivity contribution in [1.82, 2.24) is 10.6 Å². The van der Waals surface area contributed by atoms with Gasteiger partial charge < -0.3 is 16.0 Å². The van der Waals surface area contributed by atoms with E-state index in [-0.39, 0.29) is 6.03 Å². The van der Waals surface area contributed by atoms with E-state index < -0.39 is 0 Å². The molecule has 0 saturated carbocycles. The van der Waals surface area contributed by atoms with Gasteiger partial charge in [-0.15, -0.1) is 0 Å². The Balaban J connectivity index is 2.61. The molecule has 1 rings (SSSR count). The molecule has 0 spiro atoms. The van der Waals surface area contributed by atoms with Crippen molar-refractivity contribution < 1.29 is 4.79 Å². The first-order valence-corrected chi connectivity index (χ1v) is 4.98. The molecule has 0 aliphatic heterocycles. The molecule has 82 valence electrons. The van der Waals surface area contributed by atoms with Crippen LogP contribution in [0, 0.1) is 0 Å². The van der Waals surface area contributed by atoms with Gasteiger partial charge in [-0.2, -0.15) is 0 Å². The second-order valence-electron chi connectivity index (χ2n) is 3.26. The van der Waals surface area contributed by atoms with E-state index in [0.717, 1.165) is 18.7 Å². The third-order valence-corrected chi connectivity index (χ3v) is 2.08. The lowest BCUT2D eigenvalue weighted by Crippen LogP contribution is -2.24. The molecule has 0 heterocycles. The smallest absolute Gasteiger partial charge is 0.318 e. The van der Waals surface area contributed by atoms with Gasteiger partial charge >= 0.3 is 6.03 Å². The third kappa shape index (κ3) is 3.99. The number of carbonyl (C=O) groups excluding carboxylic acids is 1. The molecule has 3 N–H and O–H groups in total. The van der Waals surface area contributed by atoms with Crippen LogP contribution in [0.3, 0.4) is 0 Å². The van der Waals surface area contributed by atoms with Gasteiger partial charge in [-0.3, -0.25) is 0 Å². The van der Waals surface area contributed by atoms with Gasteiger partial charge in [0, 0.05) is 12.7 Å². The van der Waals surface area contributed by atoms with E-state index in [9.17, 15) is 4.79 Å². The van der Waals surface area contributed by atoms with Gasteiger partial charge in [0.2, 0.25) is 0 Å². The SMILES string of the molecule is CNCCc1cccc(NC(=O)NC)c1. The predicted molar refractivity (Wildman–Crippen MR) is 62.2 cm³/mol. The zero-order valence-electron chi connectivity index (χ0n) is 9.13. The molecule has 4 heteroatoms. The average molecular weight is 207 g/mol. The van der Waals surface area contributed by atoms with Crippen molar-refractivity contribution in [3.8, 4) is 0 Å². The number of rotatable bonds is 4. The van der Waals surface area contributed by atoms with Gasteiger partial charge in [-0.05, 0) is 37.7 Å². The van der Waals surface area contributed by atoms with Gasteiger partial charge in [0.15, 0.2) is 0 Å². The summed E-state index contributed by atoms with van der Waals surface area (Å²) in [6.45, 7) is 0.934. The monoisotopic (exact) mass is 207 g/mol. The van der Waals surface area contributed by atoms with Crippen molar-refractivity contribution in [3.05, 3.63) is 29.8 Å². The largest absolute Gasteiger partial charge is 0.341 e. The minimum atomic E-state index is -0.194. The number of carbonyl (C=O) groups is 1. The van der Waals surface area contributed by atoms with Crippen molar-refractivity contribution >= 4 is 11.7 Å². The maximum Gasteiger partial charge on any atom is 0.318 e. The molecule has 2 amide bonds. The number of likely N-dealkylation sites (N-methyl/N-ethyl adjacent to an activating group) is 1. The quantitative estimate of drug-likeness (QED) is 0.695. The standard InChI is InChI=1S/C11H17N3O/c1-12-7-6-9-4-3-5-10(8-9)14-11(15)13-2/h3-5,8,12H,6-7H2,1-2H3,(H2,13,14,15). The summed E-state index contributed by atoms with van der Waals surface area (Å²) in [4.78, 5) is 11.1. The minimum absolute atomic E-state index is 0.194. The van der Waals surface area contributed by atoms with Crippen molar-refractivity contribution in [2.75, 3.05) is 26.0 Å². The normalized spacial score (nSPS) is 9.73. The molecule has 0 radical (unpaired) electrons. The van der Waals surface area contributed by atoms with Gasteiger partial charge in [-0.1, -0.05) is 12.1 Å². The van der Waals surface area contributed by atoms with Gasteiger partial charge in [0.05, 0.1) is 0 Å². The molecule has 1 aromatic carbocycles. The zero-order chi connectivity index (χ0) is 11.1. The van der Waals surface area contributed by atoms with E-state index in [1.807, 2.05) is 31.3 Å². The second kappa shape index (κ2) is 6.03.